The van der Waals surface area contributed by atoms with Crippen molar-refractivity contribution in [3.8, 4) is 0 Å². The standard InChI is InChI=1S/C30H59NO3/c1-4-5-6-7-8-16-19-22-25-28(30(33)34)31-29(32)26-23-20-17-14-12-10-9-11-13-15-18-21-24-27(2)3/h27-28H,4-26H2,1-3H3,(H,31,32)(H,33,34). The van der Waals surface area contributed by atoms with Crippen molar-refractivity contribution in [1.82, 2.24) is 5.32 Å². The first-order valence-corrected chi connectivity index (χ1v) is 15.0. The van der Waals surface area contributed by atoms with Crippen molar-refractivity contribution < 1.29 is 14.7 Å². The minimum atomic E-state index is -0.896. The molecule has 0 heterocycles. The van der Waals surface area contributed by atoms with Gasteiger partial charge in [-0.1, -0.05) is 149 Å². The van der Waals surface area contributed by atoms with E-state index in [9.17, 15) is 14.7 Å². The van der Waals surface area contributed by atoms with E-state index in [2.05, 4.69) is 26.1 Å². The van der Waals surface area contributed by atoms with Crippen LogP contribution in [0.3, 0.4) is 0 Å². The van der Waals surface area contributed by atoms with E-state index < -0.39 is 12.0 Å². The predicted octanol–water partition coefficient (Wildman–Crippen LogP) is 9.20. The fourth-order valence-corrected chi connectivity index (χ4v) is 4.61. The molecule has 2 N–H and O–H groups in total. The monoisotopic (exact) mass is 481 g/mol. The second-order valence-corrected chi connectivity index (χ2v) is 10.9. The Balaban J connectivity index is 3.54. The molecule has 0 spiro atoms. The largest absolute Gasteiger partial charge is 0.480 e. The highest BCUT2D eigenvalue weighted by Gasteiger charge is 2.18. The minimum Gasteiger partial charge on any atom is -0.480 e. The molecular formula is C30H59NO3. The average Bonchev–Trinajstić information content (AvgIpc) is 2.79. The SMILES string of the molecule is CCCCCCCCCCC(NC(=O)CCCCCCCCCCCCCCC(C)C)C(=O)O. The Hall–Kier alpha value is -1.06. The van der Waals surface area contributed by atoms with Crippen molar-refractivity contribution in [2.45, 2.75) is 174 Å². The van der Waals surface area contributed by atoms with Gasteiger partial charge in [-0.25, -0.2) is 4.79 Å². The van der Waals surface area contributed by atoms with E-state index in [4.69, 9.17) is 0 Å². The third-order valence-electron chi connectivity index (χ3n) is 6.91. The molecule has 4 nitrogen and oxygen atoms in total. The lowest BCUT2D eigenvalue weighted by molar-refractivity contribution is -0.142. The molecule has 202 valence electrons. The third kappa shape index (κ3) is 24.1. The molecule has 4 heteroatoms. The van der Waals surface area contributed by atoms with E-state index in [1.54, 1.807) is 0 Å². The molecule has 34 heavy (non-hydrogen) atoms. The van der Waals surface area contributed by atoms with Crippen LogP contribution in [-0.4, -0.2) is 23.0 Å². The van der Waals surface area contributed by atoms with E-state index in [-0.39, 0.29) is 5.91 Å². The van der Waals surface area contributed by atoms with Gasteiger partial charge >= 0.3 is 5.97 Å². The summed E-state index contributed by atoms with van der Waals surface area (Å²) < 4.78 is 0. The average molecular weight is 482 g/mol. The van der Waals surface area contributed by atoms with Gasteiger partial charge in [0.2, 0.25) is 5.91 Å². The Bertz CT molecular complexity index is 464. The van der Waals surface area contributed by atoms with Gasteiger partial charge in [0.25, 0.3) is 0 Å². The molecule has 0 bridgehead atoms. The molecule has 0 aliphatic heterocycles. The van der Waals surface area contributed by atoms with Crippen molar-refractivity contribution in [3.63, 3.8) is 0 Å². The number of nitrogens with one attached hydrogen (secondary N) is 1. The van der Waals surface area contributed by atoms with Crippen LogP contribution in [0.15, 0.2) is 0 Å². The number of carbonyl (C=O) groups excluding carboxylic acids is 1. The molecular weight excluding hydrogens is 422 g/mol. The number of carboxylic acid groups (broad SMARTS) is 1. The second-order valence-electron chi connectivity index (χ2n) is 10.9. The van der Waals surface area contributed by atoms with Crippen LogP contribution in [0, 0.1) is 5.92 Å². The van der Waals surface area contributed by atoms with E-state index in [1.807, 2.05) is 0 Å². The fourth-order valence-electron chi connectivity index (χ4n) is 4.61. The van der Waals surface area contributed by atoms with Gasteiger partial charge in [0, 0.05) is 6.42 Å². The number of carbonyl (C=O) groups is 2. The highest BCUT2D eigenvalue weighted by molar-refractivity contribution is 5.83. The number of hydrogen-bond donors (Lipinski definition) is 2. The highest BCUT2D eigenvalue weighted by Crippen LogP contribution is 2.15. The van der Waals surface area contributed by atoms with Crippen LogP contribution < -0.4 is 5.32 Å². The van der Waals surface area contributed by atoms with Gasteiger partial charge in [0.1, 0.15) is 6.04 Å². The predicted molar refractivity (Wildman–Crippen MR) is 146 cm³/mol. The summed E-state index contributed by atoms with van der Waals surface area (Å²) in [6, 6.07) is -0.720. The Morgan fingerprint density at radius 3 is 1.38 bits per heavy atom. The lowest BCUT2D eigenvalue weighted by atomic mass is 10.0. The van der Waals surface area contributed by atoms with Crippen molar-refractivity contribution in [2.75, 3.05) is 0 Å². The maximum atomic E-state index is 12.2. The van der Waals surface area contributed by atoms with Crippen LogP contribution in [0.5, 0.6) is 0 Å². The molecule has 0 saturated heterocycles. The number of carboxylic acids is 1. The topological polar surface area (TPSA) is 66.4 Å². The van der Waals surface area contributed by atoms with Gasteiger partial charge in [-0.3, -0.25) is 4.79 Å². The normalized spacial score (nSPS) is 12.2. The number of aliphatic carboxylic acids is 1. The summed E-state index contributed by atoms with van der Waals surface area (Å²) in [5.41, 5.74) is 0. The van der Waals surface area contributed by atoms with Crippen LogP contribution in [0.25, 0.3) is 0 Å². The summed E-state index contributed by atoms with van der Waals surface area (Å²) in [4.78, 5) is 23.6. The summed E-state index contributed by atoms with van der Waals surface area (Å²) in [6.45, 7) is 6.84. The molecule has 0 aromatic carbocycles. The first kappa shape index (κ1) is 32.9. The Morgan fingerprint density at radius 1 is 0.588 bits per heavy atom. The van der Waals surface area contributed by atoms with E-state index in [0.29, 0.717) is 12.8 Å². The lowest BCUT2D eigenvalue weighted by Gasteiger charge is -2.14. The summed E-state index contributed by atoms with van der Waals surface area (Å²) >= 11 is 0. The zero-order valence-electron chi connectivity index (χ0n) is 23.2. The molecule has 0 aromatic rings. The van der Waals surface area contributed by atoms with Crippen molar-refractivity contribution in [2.24, 2.45) is 5.92 Å². The lowest BCUT2D eigenvalue weighted by Crippen LogP contribution is -2.40. The summed E-state index contributed by atoms with van der Waals surface area (Å²) in [7, 11) is 0. The number of rotatable bonds is 26. The maximum absolute atomic E-state index is 12.2. The maximum Gasteiger partial charge on any atom is 0.326 e. The number of unbranched alkanes of at least 4 members (excludes halogenated alkanes) is 18. The minimum absolute atomic E-state index is 0.0969. The second kappa shape index (κ2) is 25.0. The zero-order valence-corrected chi connectivity index (χ0v) is 23.2. The summed E-state index contributed by atoms with van der Waals surface area (Å²) in [5, 5.41) is 12.2. The van der Waals surface area contributed by atoms with Crippen molar-refractivity contribution >= 4 is 11.9 Å². The van der Waals surface area contributed by atoms with Gasteiger partial charge in [0.05, 0.1) is 0 Å². The molecule has 0 aromatic heterocycles. The van der Waals surface area contributed by atoms with E-state index >= 15 is 0 Å². The van der Waals surface area contributed by atoms with Crippen LogP contribution in [0.2, 0.25) is 0 Å². The van der Waals surface area contributed by atoms with Crippen molar-refractivity contribution in [1.29, 1.82) is 0 Å². The first-order chi connectivity index (χ1) is 16.5. The molecule has 0 fully saturated rings. The van der Waals surface area contributed by atoms with Gasteiger partial charge in [0.15, 0.2) is 0 Å². The van der Waals surface area contributed by atoms with Gasteiger partial charge in [-0.2, -0.15) is 0 Å². The zero-order chi connectivity index (χ0) is 25.3. The Morgan fingerprint density at radius 2 is 0.971 bits per heavy atom. The van der Waals surface area contributed by atoms with Crippen LogP contribution in [-0.2, 0) is 9.59 Å². The third-order valence-corrected chi connectivity index (χ3v) is 6.91. The summed E-state index contributed by atoms with van der Waals surface area (Å²) in [5.74, 6) is -0.146. The van der Waals surface area contributed by atoms with Crippen LogP contribution in [0.4, 0.5) is 0 Å². The van der Waals surface area contributed by atoms with E-state index in [1.165, 1.54) is 109 Å². The first-order valence-electron chi connectivity index (χ1n) is 15.0. The molecule has 0 aliphatic carbocycles. The van der Waals surface area contributed by atoms with Gasteiger partial charge in [-0.05, 0) is 18.8 Å². The summed E-state index contributed by atoms with van der Waals surface area (Å²) in [6.07, 6.45) is 27.2. The molecule has 0 radical (unpaired) electrons. The molecule has 0 aliphatic rings. The van der Waals surface area contributed by atoms with Crippen LogP contribution in [0.1, 0.15) is 168 Å². The van der Waals surface area contributed by atoms with Crippen LogP contribution >= 0.6 is 0 Å². The highest BCUT2D eigenvalue weighted by atomic mass is 16.4. The van der Waals surface area contributed by atoms with Crippen molar-refractivity contribution in [3.05, 3.63) is 0 Å². The quantitative estimate of drug-likeness (QED) is 0.121. The molecule has 1 unspecified atom stereocenters. The number of amides is 1. The molecule has 0 rings (SSSR count). The molecule has 1 amide bonds. The fraction of sp³-hybridized carbons (Fsp3) is 0.933. The van der Waals surface area contributed by atoms with Gasteiger partial charge in [-0.15, -0.1) is 0 Å². The van der Waals surface area contributed by atoms with E-state index in [0.717, 1.165) is 31.6 Å². The Kier molecular flexibility index (Phi) is 24.3. The number of hydrogen-bond acceptors (Lipinski definition) is 2. The Labute approximate surface area is 212 Å². The molecule has 0 saturated carbocycles. The molecule has 1 atom stereocenters. The van der Waals surface area contributed by atoms with Gasteiger partial charge < -0.3 is 10.4 Å². The smallest absolute Gasteiger partial charge is 0.326 e.